The van der Waals surface area contributed by atoms with E-state index in [1.807, 2.05) is 36.4 Å². The van der Waals surface area contributed by atoms with Crippen molar-refractivity contribution in [2.24, 2.45) is 5.10 Å². The van der Waals surface area contributed by atoms with Gasteiger partial charge in [-0.3, -0.25) is 4.79 Å². The molecule has 1 amide bonds. The van der Waals surface area contributed by atoms with Crippen molar-refractivity contribution < 1.29 is 13.2 Å². The second-order valence-electron chi connectivity index (χ2n) is 6.59. The lowest BCUT2D eigenvalue weighted by molar-refractivity contribution is -0.116. The van der Waals surface area contributed by atoms with Crippen LogP contribution in [0.1, 0.15) is 25.0 Å². The fraction of sp³-hybridized carbons (Fsp3) is 0.143. The van der Waals surface area contributed by atoms with Crippen LogP contribution in [0, 0.1) is 0 Å². The van der Waals surface area contributed by atoms with Crippen molar-refractivity contribution in [3.8, 4) is 0 Å². The first kappa shape index (κ1) is 18.2. The van der Waals surface area contributed by atoms with Gasteiger partial charge in [-0.2, -0.15) is 5.10 Å². The molecule has 7 heteroatoms. The van der Waals surface area contributed by atoms with Crippen molar-refractivity contribution in [1.82, 2.24) is 5.43 Å². The number of hydrogen-bond acceptors (Lipinski definition) is 5. The molecule has 0 bridgehead atoms. The minimum atomic E-state index is -3.32. The number of allylic oxidation sites excluding steroid dienone is 1. The number of fused-ring (bicyclic) bond motifs is 1. The Morgan fingerprint density at radius 2 is 1.86 bits per heavy atom. The zero-order valence-corrected chi connectivity index (χ0v) is 16.3. The molecule has 28 heavy (non-hydrogen) atoms. The number of nitrogens with one attached hydrogen (secondary N) is 2. The molecule has 0 saturated carbocycles. The van der Waals surface area contributed by atoms with Crippen LogP contribution >= 0.6 is 0 Å². The zero-order valence-electron chi connectivity index (χ0n) is 15.5. The monoisotopic (exact) mass is 393 g/mol. The van der Waals surface area contributed by atoms with Crippen LogP contribution in [-0.4, -0.2) is 25.8 Å². The van der Waals surface area contributed by atoms with E-state index in [0.29, 0.717) is 17.0 Å². The molecule has 0 fully saturated rings. The lowest BCUT2D eigenvalue weighted by Gasteiger charge is -2.23. The number of rotatable bonds is 3. The van der Waals surface area contributed by atoms with Gasteiger partial charge in [0.15, 0.2) is 9.84 Å². The lowest BCUT2D eigenvalue weighted by Crippen LogP contribution is -2.19. The molecule has 2 aliphatic rings. The number of anilines is 1. The van der Waals surface area contributed by atoms with Crippen molar-refractivity contribution >= 4 is 32.7 Å². The Balaban J connectivity index is 1.94. The summed E-state index contributed by atoms with van der Waals surface area (Å²) >= 11 is 0. The first-order chi connectivity index (χ1) is 13.4. The van der Waals surface area contributed by atoms with Gasteiger partial charge in [0, 0.05) is 11.3 Å². The largest absolute Gasteiger partial charge is 0.354 e. The fourth-order valence-corrected chi connectivity index (χ4v) is 4.28. The van der Waals surface area contributed by atoms with Crippen molar-refractivity contribution in [1.29, 1.82) is 0 Å². The molecule has 2 aliphatic heterocycles. The summed E-state index contributed by atoms with van der Waals surface area (Å²) in [6.45, 7) is 3.40. The highest BCUT2D eigenvalue weighted by atomic mass is 32.2. The maximum absolute atomic E-state index is 12.3. The van der Waals surface area contributed by atoms with Crippen LogP contribution < -0.4 is 10.7 Å². The highest BCUT2D eigenvalue weighted by Gasteiger charge is 2.26. The molecular formula is C21H19N3O3S. The summed E-state index contributed by atoms with van der Waals surface area (Å²) in [5, 5.41) is 7.29. The Hall–Kier alpha value is -3.19. The van der Waals surface area contributed by atoms with E-state index >= 15 is 0 Å². The average Bonchev–Trinajstić information content (AvgIpc) is 3.05. The molecule has 0 aliphatic carbocycles. The molecule has 0 atom stereocenters. The predicted octanol–water partition coefficient (Wildman–Crippen LogP) is 3.10. The highest BCUT2D eigenvalue weighted by Crippen LogP contribution is 2.37. The van der Waals surface area contributed by atoms with Gasteiger partial charge in [0.05, 0.1) is 27.6 Å². The van der Waals surface area contributed by atoms with Crippen molar-refractivity contribution in [3.63, 3.8) is 0 Å². The quantitative estimate of drug-likeness (QED) is 0.785. The average molecular weight is 393 g/mol. The van der Waals surface area contributed by atoms with Crippen LogP contribution in [0.5, 0.6) is 0 Å². The summed E-state index contributed by atoms with van der Waals surface area (Å²) in [5.74, 6) is -0.226. The summed E-state index contributed by atoms with van der Waals surface area (Å²) in [6, 6.07) is 14.6. The Bertz CT molecular complexity index is 1190. The maximum atomic E-state index is 12.3. The maximum Gasteiger partial charge on any atom is 0.275 e. The number of nitrogens with zero attached hydrogens (tertiary/aromatic N) is 1. The van der Waals surface area contributed by atoms with Crippen LogP contribution in [0.3, 0.4) is 0 Å². The summed E-state index contributed by atoms with van der Waals surface area (Å²) in [6.07, 6.45) is 1.87. The minimum Gasteiger partial charge on any atom is -0.354 e. The third kappa shape index (κ3) is 3.03. The standard InChI is InChI=1S/C21H19N3O3S/c1-3-28(26,27)15-8-6-7-14(11-15)17-12-19(20-13(2)23-24-21(20)25)22-18-10-5-4-9-16(17)18/h4-12,22H,3H2,1-2H3,(H,24,25). The van der Waals surface area contributed by atoms with Gasteiger partial charge in [-0.15, -0.1) is 0 Å². The Kier molecular flexibility index (Phi) is 4.39. The van der Waals surface area contributed by atoms with Gasteiger partial charge in [-0.1, -0.05) is 37.3 Å². The van der Waals surface area contributed by atoms with E-state index in [9.17, 15) is 13.2 Å². The Morgan fingerprint density at radius 3 is 2.57 bits per heavy atom. The molecule has 0 spiro atoms. The number of hydrogen-bond donors (Lipinski definition) is 2. The van der Waals surface area contributed by atoms with E-state index in [2.05, 4.69) is 15.8 Å². The fourth-order valence-electron chi connectivity index (χ4n) is 3.36. The number of amides is 1. The SMILES string of the molecule is CCS(=O)(=O)c1cccc(C2=CC(=C3C(=O)NN=C3C)Nc3ccccc32)c1. The van der Waals surface area contributed by atoms with Crippen LogP contribution in [0.25, 0.3) is 5.57 Å². The van der Waals surface area contributed by atoms with E-state index in [1.54, 1.807) is 32.0 Å². The van der Waals surface area contributed by atoms with E-state index in [4.69, 9.17) is 0 Å². The van der Waals surface area contributed by atoms with Gasteiger partial charge in [-0.05, 0) is 42.3 Å². The molecule has 0 saturated heterocycles. The van der Waals surface area contributed by atoms with Gasteiger partial charge in [0.2, 0.25) is 0 Å². The Labute approximate surface area is 163 Å². The van der Waals surface area contributed by atoms with Crippen molar-refractivity contribution in [2.75, 3.05) is 11.1 Å². The van der Waals surface area contributed by atoms with E-state index in [-0.39, 0.29) is 16.6 Å². The molecule has 2 aromatic carbocycles. The molecule has 0 radical (unpaired) electrons. The molecule has 0 unspecified atom stereocenters. The second kappa shape index (κ2) is 6.76. The normalized spacial score (nSPS) is 18.7. The van der Waals surface area contributed by atoms with Crippen LogP contribution in [0.4, 0.5) is 5.69 Å². The van der Waals surface area contributed by atoms with Gasteiger partial charge in [0.1, 0.15) is 0 Å². The third-order valence-corrected chi connectivity index (χ3v) is 6.58. The molecular weight excluding hydrogens is 374 g/mol. The third-order valence-electron chi connectivity index (χ3n) is 4.84. The van der Waals surface area contributed by atoms with Crippen molar-refractivity contribution in [3.05, 3.63) is 77.0 Å². The number of carbonyl (C=O) groups is 1. The molecule has 2 N–H and O–H groups in total. The Morgan fingerprint density at radius 1 is 1.07 bits per heavy atom. The number of hydrazone groups is 1. The van der Waals surface area contributed by atoms with Gasteiger partial charge in [0.25, 0.3) is 5.91 Å². The number of para-hydroxylation sites is 1. The molecule has 0 aromatic heterocycles. The first-order valence-corrected chi connectivity index (χ1v) is 10.6. The summed E-state index contributed by atoms with van der Waals surface area (Å²) < 4.78 is 24.7. The topological polar surface area (TPSA) is 87.6 Å². The van der Waals surface area contributed by atoms with E-state index in [0.717, 1.165) is 22.4 Å². The van der Waals surface area contributed by atoms with Crippen molar-refractivity contribution in [2.45, 2.75) is 18.7 Å². The lowest BCUT2D eigenvalue weighted by atomic mass is 9.91. The molecule has 6 nitrogen and oxygen atoms in total. The smallest absolute Gasteiger partial charge is 0.275 e. The summed E-state index contributed by atoms with van der Waals surface area (Å²) in [5.41, 5.74) is 7.59. The van der Waals surface area contributed by atoms with Gasteiger partial charge in [-0.25, -0.2) is 13.8 Å². The van der Waals surface area contributed by atoms with Crippen LogP contribution in [0.15, 0.2) is 75.9 Å². The van der Waals surface area contributed by atoms with E-state index < -0.39 is 9.84 Å². The predicted molar refractivity (Wildman–Crippen MR) is 110 cm³/mol. The summed E-state index contributed by atoms with van der Waals surface area (Å²) in [7, 11) is -3.32. The number of benzene rings is 2. The molecule has 2 heterocycles. The van der Waals surface area contributed by atoms with Crippen LogP contribution in [0.2, 0.25) is 0 Å². The van der Waals surface area contributed by atoms with E-state index in [1.165, 1.54) is 0 Å². The van der Waals surface area contributed by atoms with Gasteiger partial charge >= 0.3 is 0 Å². The van der Waals surface area contributed by atoms with Crippen LogP contribution in [-0.2, 0) is 14.6 Å². The summed E-state index contributed by atoms with van der Waals surface area (Å²) in [4.78, 5) is 12.5. The minimum absolute atomic E-state index is 0.0405. The number of carbonyl (C=O) groups excluding carboxylic acids is 1. The van der Waals surface area contributed by atoms with Gasteiger partial charge < -0.3 is 5.32 Å². The molecule has 2 aromatic rings. The highest BCUT2D eigenvalue weighted by molar-refractivity contribution is 7.91. The number of sulfone groups is 1. The first-order valence-electron chi connectivity index (χ1n) is 8.91. The zero-order chi connectivity index (χ0) is 19.9. The molecule has 4 rings (SSSR count). The second-order valence-corrected chi connectivity index (χ2v) is 8.86. The molecule has 142 valence electrons.